The maximum atomic E-state index is 10.6. The summed E-state index contributed by atoms with van der Waals surface area (Å²) in [6.45, 7) is 0.565. The summed E-state index contributed by atoms with van der Waals surface area (Å²) < 4.78 is 0. The molecule has 1 rings (SSSR count). The van der Waals surface area contributed by atoms with Crippen LogP contribution in [0.2, 0.25) is 0 Å². The van der Waals surface area contributed by atoms with Gasteiger partial charge in [0.25, 0.3) is 0 Å². The molecule has 15 heavy (non-hydrogen) atoms. The number of hydrogen-bond donors (Lipinski definition) is 3. The Bertz CT molecular complexity index is 385. The third-order valence-electron chi connectivity index (χ3n) is 1.90. The van der Waals surface area contributed by atoms with Gasteiger partial charge in [-0.2, -0.15) is 0 Å². The minimum Gasteiger partial charge on any atom is -0.507 e. The van der Waals surface area contributed by atoms with Crippen LogP contribution in [0, 0.1) is 0 Å². The lowest BCUT2D eigenvalue weighted by molar-refractivity contribution is 0.0694. The van der Waals surface area contributed by atoms with E-state index in [9.17, 15) is 9.90 Å². The molecule has 4 N–H and O–H groups in total. The van der Waals surface area contributed by atoms with E-state index in [0.717, 1.165) is 12.0 Å². The zero-order valence-electron chi connectivity index (χ0n) is 8.18. The van der Waals surface area contributed by atoms with E-state index in [1.165, 1.54) is 12.1 Å². The fraction of sp³-hybridized carbons (Fsp3) is 0.182. The fourth-order valence-electron chi connectivity index (χ4n) is 1.15. The van der Waals surface area contributed by atoms with Crippen LogP contribution in [-0.4, -0.2) is 22.7 Å². The van der Waals surface area contributed by atoms with Crippen molar-refractivity contribution in [2.45, 2.75) is 6.42 Å². The standard InChI is InChI=1S/C11H13NO3/c12-6-2-1-3-8-4-5-9(11(14)15)10(13)7-8/h1,3-5,7,13H,2,6,12H2,(H,14,15). The maximum absolute atomic E-state index is 10.6. The normalized spacial score (nSPS) is 10.7. The molecule has 0 unspecified atom stereocenters. The highest BCUT2D eigenvalue weighted by Crippen LogP contribution is 2.19. The summed E-state index contributed by atoms with van der Waals surface area (Å²) in [5.74, 6) is -1.36. The van der Waals surface area contributed by atoms with Crippen molar-refractivity contribution in [2.75, 3.05) is 6.54 Å². The molecule has 0 atom stereocenters. The predicted molar refractivity (Wildman–Crippen MR) is 57.8 cm³/mol. The Morgan fingerprint density at radius 1 is 1.47 bits per heavy atom. The number of nitrogens with two attached hydrogens (primary N) is 1. The van der Waals surface area contributed by atoms with E-state index >= 15 is 0 Å². The number of carboxylic acid groups (broad SMARTS) is 1. The van der Waals surface area contributed by atoms with Gasteiger partial charge in [-0.3, -0.25) is 0 Å². The molecule has 0 saturated heterocycles. The van der Waals surface area contributed by atoms with Crippen LogP contribution in [0.4, 0.5) is 0 Å². The first-order valence-electron chi connectivity index (χ1n) is 4.58. The molecule has 0 aliphatic heterocycles. The van der Waals surface area contributed by atoms with E-state index in [1.54, 1.807) is 12.1 Å². The Balaban J connectivity index is 2.87. The maximum Gasteiger partial charge on any atom is 0.339 e. The first-order chi connectivity index (χ1) is 7.15. The molecule has 1 aromatic rings. The molecule has 0 saturated carbocycles. The highest BCUT2D eigenvalue weighted by Gasteiger charge is 2.08. The zero-order chi connectivity index (χ0) is 11.3. The lowest BCUT2D eigenvalue weighted by Crippen LogP contribution is -1.96. The molecule has 0 spiro atoms. The van der Waals surface area contributed by atoms with Crippen LogP contribution >= 0.6 is 0 Å². The van der Waals surface area contributed by atoms with Crippen LogP contribution in [0.1, 0.15) is 22.3 Å². The highest BCUT2D eigenvalue weighted by atomic mass is 16.4. The number of rotatable bonds is 4. The zero-order valence-corrected chi connectivity index (χ0v) is 8.18. The summed E-state index contributed by atoms with van der Waals surface area (Å²) in [7, 11) is 0. The second-order valence-electron chi connectivity index (χ2n) is 3.06. The monoisotopic (exact) mass is 207 g/mol. The number of benzene rings is 1. The Morgan fingerprint density at radius 2 is 2.20 bits per heavy atom. The van der Waals surface area contributed by atoms with Crippen molar-refractivity contribution < 1.29 is 15.0 Å². The van der Waals surface area contributed by atoms with Gasteiger partial charge >= 0.3 is 5.97 Å². The van der Waals surface area contributed by atoms with Crippen molar-refractivity contribution >= 4 is 12.0 Å². The van der Waals surface area contributed by atoms with Crippen molar-refractivity contribution in [1.82, 2.24) is 0 Å². The van der Waals surface area contributed by atoms with E-state index < -0.39 is 5.97 Å². The molecule has 4 heteroatoms. The molecule has 4 nitrogen and oxygen atoms in total. The molecule has 0 heterocycles. The number of carboxylic acids is 1. The summed E-state index contributed by atoms with van der Waals surface area (Å²) in [5, 5.41) is 18.1. The Kier molecular flexibility index (Phi) is 3.88. The first kappa shape index (κ1) is 11.3. The highest BCUT2D eigenvalue weighted by molar-refractivity contribution is 5.91. The summed E-state index contributed by atoms with van der Waals surface area (Å²) in [5.41, 5.74) is 5.97. The van der Waals surface area contributed by atoms with Gasteiger partial charge in [0.1, 0.15) is 11.3 Å². The average molecular weight is 207 g/mol. The molecular formula is C11H13NO3. The fourth-order valence-corrected chi connectivity index (χ4v) is 1.15. The van der Waals surface area contributed by atoms with Gasteiger partial charge in [-0.05, 0) is 30.7 Å². The number of hydrogen-bond acceptors (Lipinski definition) is 3. The number of phenols is 1. The van der Waals surface area contributed by atoms with E-state index in [0.29, 0.717) is 6.54 Å². The minimum absolute atomic E-state index is 0.0917. The van der Waals surface area contributed by atoms with Gasteiger partial charge in [0.05, 0.1) is 0 Å². The van der Waals surface area contributed by atoms with Crippen LogP contribution in [0.25, 0.3) is 6.08 Å². The molecule has 0 aliphatic carbocycles. The summed E-state index contributed by atoms with van der Waals surface area (Å²) in [6.07, 6.45) is 4.41. The van der Waals surface area contributed by atoms with Gasteiger partial charge in [0.2, 0.25) is 0 Å². The second-order valence-corrected chi connectivity index (χ2v) is 3.06. The lowest BCUT2D eigenvalue weighted by atomic mass is 10.1. The Labute approximate surface area is 87.7 Å². The quantitative estimate of drug-likeness (QED) is 0.697. The van der Waals surface area contributed by atoms with Crippen LogP contribution < -0.4 is 5.73 Å². The van der Waals surface area contributed by atoms with Crippen LogP contribution in [0.3, 0.4) is 0 Å². The van der Waals surface area contributed by atoms with Crippen molar-refractivity contribution in [3.05, 3.63) is 35.4 Å². The van der Waals surface area contributed by atoms with Crippen molar-refractivity contribution in [3.8, 4) is 5.75 Å². The Morgan fingerprint density at radius 3 is 2.73 bits per heavy atom. The molecule has 0 bridgehead atoms. The smallest absolute Gasteiger partial charge is 0.339 e. The van der Waals surface area contributed by atoms with Crippen LogP contribution in [0.15, 0.2) is 24.3 Å². The molecule has 0 amide bonds. The van der Waals surface area contributed by atoms with Gasteiger partial charge < -0.3 is 15.9 Å². The SMILES string of the molecule is NCCC=Cc1ccc(C(=O)O)c(O)c1. The number of aromatic carboxylic acids is 1. The van der Waals surface area contributed by atoms with E-state index in [4.69, 9.17) is 10.8 Å². The molecule has 80 valence electrons. The largest absolute Gasteiger partial charge is 0.507 e. The molecule has 0 aliphatic rings. The van der Waals surface area contributed by atoms with Gasteiger partial charge in [0, 0.05) is 0 Å². The van der Waals surface area contributed by atoms with Crippen molar-refractivity contribution in [3.63, 3.8) is 0 Å². The number of carbonyl (C=O) groups is 1. The average Bonchev–Trinajstić information content (AvgIpc) is 2.17. The number of aromatic hydroxyl groups is 1. The predicted octanol–water partition coefficient (Wildman–Crippen LogP) is 1.45. The van der Waals surface area contributed by atoms with Gasteiger partial charge in [-0.1, -0.05) is 18.2 Å². The minimum atomic E-state index is -1.13. The van der Waals surface area contributed by atoms with E-state index in [-0.39, 0.29) is 11.3 Å². The van der Waals surface area contributed by atoms with Crippen molar-refractivity contribution in [1.29, 1.82) is 0 Å². The lowest BCUT2D eigenvalue weighted by Gasteiger charge is -2.00. The first-order valence-corrected chi connectivity index (χ1v) is 4.58. The Hall–Kier alpha value is -1.81. The van der Waals surface area contributed by atoms with E-state index in [2.05, 4.69) is 0 Å². The third kappa shape index (κ3) is 3.11. The van der Waals surface area contributed by atoms with Gasteiger partial charge in [-0.25, -0.2) is 4.79 Å². The molecular weight excluding hydrogens is 194 g/mol. The molecule has 1 aromatic carbocycles. The summed E-state index contributed by atoms with van der Waals surface area (Å²) in [6, 6.07) is 4.42. The van der Waals surface area contributed by atoms with Gasteiger partial charge in [-0.15, -0.1) is 0 Å². The third-order valence-corrected chi connectivity index (χ3v) is 1.90. The second kappa shape index (κ2) is 5.17. The van der Waals surface area contributed by atoms with Crippen LogP contribution in [0.5, 0.6) is 5.75 Å². The summed E-state index contributed by atoms with van der Waals surface area (Å²) in [4.78, 5) is 10.6. The topological polar surface area (TPSA) is 83.6 Å². The molecule has 0 fully saturated rings. The summed E-state index contributed by atoms with van der Waals surface area (Å²) >= 11 is 0. The van der Waals surface area contributed by atoms with Crippen molar-refractivity contribution in [2.24, 2.45) is 5.73 Å². The molecule has 0 radical (unpaired) electrons. The van der Waals surface area contributed by atoms with Crippen LogP contribution in [-0.2, 0) is 0 Å². The van der Waals surface area contributed by atoms with Gasteiger partial charge in [0.15, 0.2) is 0 Å². The molecule has 0 aromatic heterocycles. The van der Waals surface area contributed by atoms with E-state index in [1.807, 2.05) is 6.08 Å².